The van der Waals surface area contributed by atoms with Gasteiger partial charge < -0.3 is 14.8 Å². The number of methoxy groups -OCH3 is 2. The fourth-order valence-corrected chi connectivity index (χ4v) is 4.36. The topological polar surface area (TPSA) is 69.6 Å². The number of ether oxygens (including phenoxy) is 2. The van der Waals surface area contributed by atoms with Gasteiger partial charge in [-0.2, -0.15) is 0 Å². The van der Waals surface area contributed by atoms with Crippen molar-refractivity contribution >= 4 is 22.5 Å². The molecule has 186 valence electrons. The average Bonchev–Trinajstić information content (AvgIpc) is 2.87. The Labute approximate surface area is 211 Å². The van der Waals surface area contributed by atoms with Crippen LogP contribution in [0.15, 0.2) is 65.5 Å². The van der Waals surface area contributed by atoms with Crippen LogP contribution in [0.5, 0.6) is 11.5 Å². The maximum Gasteiger partial charge on any atom is 0.254 e. The number of rotatable bonds is 8. The van der Waals surface area contributed by atoms with Crippen molar-refractivity contribution in [1.29, 1.82) is 0 Å². The molecule has 0 saturated carbocycles. The van der Waals surface area contributed by atoms with Crippen LogP contribution in [0, 0.1) is 20.8 Å². The summed E-state index contributed by atoms with van der Waals surface area (Å²) in [6.45, 7) is 5.96. The van der Waals surface area contributed by atoms with Gasteiger partial charge in [0.1, 0.15) is 6.54 Å². The molecule has 0 fully saturated rings. The number of carbonyl (C=O) groups is 1. The summed E-state index contributed by atoms with van der Waals surface area (Å²) in [5, 5.41) is 3.87. The Morgan fingerprint density at radius 1 is 0.833 bits per heavy atom. The Balaban J connectivity index is 1.63. The van der Waals surface area contributed by atoms with Crippen LogP contribution in [0.25, 0.3) is 10.9 Å². The summed E-state index contributed by atoms with van der Waals surface area (Å²) in [7, 11) is 3.21. The molecule has 0 bridgehead atoms. The Morgan fingerprint density at radius 3 is 2.33 bits per heavy atom. The molecule has 1 N–H and O–H groups in total. The number of amides is 1. The zero-order valence-electron chi connectivity index (χ0n) is 21.5. The number of hydrogen-bond acceptors (Lipinski definition) is 4. The minimum absolute atomic E-state index is 0.0596. The van der Waals surface area contributed by atoms with Crippen molar-refractivity contribution in [1.82, 2.24) is 4.57 Å². The van der Waals surface area contributed by atoms with Crippen LogP contribution >= 0.6 is 0 Å². The largest absolute Gasteiger partial charge is 0.493 e. The average molecular weight is 485 g/mol. The summed E-state index contributed by atoms with van der Waals surface area (Å²) >= 11 is 0. The molecule has 0 saturated heterocycles. The fraction of sp³-hybridized carbons (Fsp3) is 0.267. The quantitative estimate of drug-likeness (QED) is 0.365. The van der Waals surface area contributed by atoms with Crippen LogP contribution in [0.4, 0.5) is 5.69 Å². The van der Waals surface area contributed by atoms with Crippen molar-refractivity contribution in [2.45, 2.75) is 40.2 Å². The third-order valence-electron chi connectivity index (χ3n) is 6.55. The first-order valence-corrected chi connectivity index (χ1v) is 12.0. The van der Waals surface area contributed by atoms with Crippen LogP contribution in [-0.4, -0.2) is 24.7 Å². The van der Waals surface area contributed by atoms with Gasteiger partial charge in [0, 0.05) is 11.3 Å². The van der Waals surface area contributed by atoms with Gasteiger partial charge in [-0.15, -0.1) is 0 Å². The molecule has 6 nitrogen and oxygen atoms in total. The summed E-state index contributed by atoms with van der Waals surface area (Å²) in [6, 6.07) is 19.5. The monoisotopic (exact) mass is 484 g/mol. The molecule has 0 atom stereocenters. The standard InChI is InChI=1S/C30H32N2O4/c1-19-6-10-23-17-24(11-8-22-9-13-27(35-4)28(16-22)36-5)30(34)32(26(23)14-19)18-29(33)31-25-12-7-20(2)21(3)15-25/h6-7,9-10,12-17H,8,11,18H2,1-5H3,(H,31,33). The maximum absolute atomic E-state index is 13.6. The van der Waals surface area contributed by atoms with Crippen molar-refractivity contribution < 1.29 is 14.3 Å². The highest BCUT2D eigenvalue weighted by molar-refractivity contribution is 5.92. The van der Waals surface area contributed by atoms with E-state index in [2.05, 4.69) is 5.32 Å². The van der Waals surface area contributed by atoms with Gasteiger partial charge in [-0.1, -0.05) is 24.3 Å². The van der Waals surface area contributed by atoms with Crippen molar-refractivity contribution in [3.8, 4) is 11.5 Å². The van der Waals surface area contributed by atoms with Gasteiger partial charge in [0.2, 0.25) is 5.91 Å². The first-order valence-electron chi connectivity index (χ1n) is 12.0. The lowest BCUT2D eigenvalue weighted by atomic mass is 10.0. The van der Waals surface area contributed by atoms with E-state index in [0.29, 0.717) is 29.9 Å². The van der Waals surface area contributed by atoms with E-state index in [9.17, 15) is 9.59 Å². The second-order valence-corrected chi connectivity index (χ2v) is 9.16. The predicted molar refractivity (Wildman–Crippen MR) is 144 cm³/mol. The summed E-state index contributed by atoms with van der Waals surface area (Å²) in [4.78, 5) is 26.5. The molecular weight excluding hydrogens is 452 g/mol. The van der Waals surface area contributed by atoms with Crippen LogP contribution in [0.1, 0.15) is 27.8 Å². The Hall–Kier alpha value is -4.06. The van der Waals surface area contributed by atoms with Gasteiger partial charge in [-0.3, -0.25) is 14.2 Å². The Morgan fingerprint density at radius 2 is 1.61 bits per heavy atom. The van der Waals surface area contributed by atoms with Gasteiger partial charge >= 0.3 is 0 Å². The number of fused-ring (bicyclic) bond motifs is 1. The number of anilines is 1. The third kappa shape index (κ3) is 5.43. The number of aromatic nitrogens is 1. The molecule has 0 aliphatic heterocycles. The second-order valence-electron chi connectivity index (χ2n) is 9.16. The molecule has 1 amide bonds. The molecule has 1 aromatic heterocycles. The molecule has 0 aliphatic rings. The fourth-order valence-electron chi connectivity index (χ4n) is 4.36. The first kappa shape index (κ1) is 25.0. The Kier molecular flexibility index (Phi) is 7.44. The summed E-state index contributed by atoms with van der Waals surface area (Å²) < 4.78 is 12.3. The van der Waals surface area contributed by atoms with Crippen molar-refractivity contribution in [2.75, 3.05) is 19.5 Å². The summed E-state index contributed by atoms with van der Waals surface area (Å²) in [5.41, 5.74) is 6.32. The molecular formula is C30H32N2O4. The number of nitrogens with one attached hydrogen (secondary N) is 1. The van der Waals surface area contributed by atoms with Crippen molar-refractivity contribution in [3.63, 3.8) is 0 Å². The minimum atomic E-state index is -0.236. The molecule has 36 heavy (non-hydrogen) atoms. The lowest BCUT2D eigenvalue weighted by Crippen LogP contribution is -2.30. The zero-order chi connectivity index (χ0) is 25.8. The number of benzene rings is 3. The van der Waals surface area contributed by atoms with Crippen LogP contribution < -0.4 is 20.3 Å². The molecule has 0 spiro atoms. The molecule has 4 rings (SSSR count). The maximum atomic E-state index is 13.6. The summed E-state index contributed by atoms with van der Waals surface area (Å²) in [5.74, 6) is 1.09. The van der Waals surface area contributed by atoms with E-state index in [1.165, 1.54) is 0 Å². The molecule has 0 radical (unpaired) electrons. The Bertz CT molecular complexity index is 1490. The normalized spacial score (nSPS) is 10.9. The minimum Gasteiger partial charge on any atom is -0.493 e. The lowest BCUT2D eigenvalue weighted by molar-refractivity contribution is -0.116. The second kappa shape index (κ2) is 10.7. The molecule has 6 heteroatoms. The van der Waals surface area contributed by atoms with Crippen molar-refractivity contribution in [2.24, 2.45) is 0 Å². The smallest absolute Gasteiger partial charge is 0.254 e. The number of pyridine rings is 1. The highest BCUT2D eigenvalue weighted by Gasteiger charge is 2.14. The number of nitrogens with zero attached hydrogens (tertiary/aromatic N) is 1. The van der Waals surface area contributed by atoms with E-state index < -0.39 is 0 Å². The lowest BCUT2D eigenvalue weighted by Gasteiger charge is -2.15. The molecule has 0 unspecified atom stereocenters. The van der Waals surface area contributed by atoms with Crippen molar-refractivity contribution in [3.05, 3.63) is 98.8 Å². The SMILES string of the molecule is COc1ccc(CCc2cc3ccc(C)cc3n(CC(=O)Nc3ccc(C)c(C)c3)c2=O)cc1OC. The van der Waals surface area contributed by atoms with E-state index >= 15 is 0 Å². The van der Waals surface area contributed by atoms with Crippen LogP contribution in [0.3, 0.4) is 0 Å². The van der Waals surface area contributed by atoms with Gasteiger partial charge in [0.25, 0.3) is 5.56 Å². The van der Waals surface area contributed by atoms with Gasteiger partial charge in [0.05, 0.1) is 19.7 Å². The highest BCUT2D eigenvalue weighted by Crippen LogP contribution is 2.28. The van der Waals surface area contributed by atoms with E-state index in [4.69, 9.17) is 9.47 Å². The number of aryl methyl sites for hydroxylation is 5. The summed E-state index contributed by atoms with van der Waals surface area (Å²) in [6.07, 6.45) is 1.19. The van der Waals surface area contributed by atoms with E-state index in [-0.39, 0.29) is 18.0 Å². The molecule has 4 aromatic rings. The van der Waals surface area contributed by atoms with E-state index in [1.54, 1.807) is 18.8 Å². The first-order chi connectivity index (χ1) is 17.3. The zero-order valence-corrected chi connectivity index (χ0v) is 21.5. The van der Waals surface area contributed by atoms with E-state index in [1.807, 2.05) is 81.4 Å². The number of hydrogen-bond donors (Lipinski definition) is 1. The molecule has 0 aliphatic carbocycles. The molecule has 3 aromatic carbocycles. The highest BCUT2D eigenvalue weighted by atomic mass is 16.5. The van der Waals surface area contributed by atoms with Gasteiger partial charge in [-0.25, -0.2) is 0 Å². The molecule has 1 heterocycles. The number of carbonyl (C=O) groups excluding carboxylic acids is 1. The predicted octanol–water partition coefficient (Wildman–Crippen LogP) is 5.37. The van der Waals surface area contributed by atoms with Gasteiger partial charge in [0.15, 0.2) is 11.5 Å². The van der Waals surface area contributed by atoms with Crippen LogP contribution in [-0.2, 0) is 24.2 Å². The van der Waals surface area contributed by atoms with E-state index in [0.717, 1.165) is 38.8 Å². The van der Waals surface area contributed by atoms with Crippen LogP contribution in [0.2, 0.25) is 0 Å². The third-order valence-corrected chi connectivity index (χ3v) is 6.55. The van der Waals surface area contributed by atoms with Gasteiger partial charge in [-0.05, 0) is 97.7 Å².